The second kappa shape index (κ2) is 4.14. The van der Waals surface area contributed by atoms with E-state index in [4.69, 9.17) is 11.5 Å². The van der Waals surface area contributed by atoms with E-state index in [1.165, 1.54) is 0 Å². The number of nitrogens with two attached hydrogens (primary N) is 2. The summed E-state index contributed by atoms with van der Waals surface area (Å²) in [4.78, 5) is 4.34. The molecule has 0 radical (unpaired) electrons. The van der Waals surface area contributed by atoms with Crippen molar-refractivity contribution in [3.63, 3.8) is 0 Å². The number of benzene rings is 1. The molecule has 1 aromatic carbocycles. The normalized spacial score (nSPS) is 11.5. The van der Waals surface area contributed by atoms with Crippen LogP contribution in [0.15, 0.2) is 18.2 Å². The molecule has 0 unspecified atom stereocenters. The summed E-state index contributed by atoms with van der Waals surface area (Å²) in [6, 6.07) is 6.04. The Hall–Kier alpha value is -1.55. The Labute approximate surface area is 95.3 Å². The average molecular weight is 218 g/mol. The molecule has 0 saturated carbocycles. The summed E-state index contributed by atoms with van der Waals surface area (Å²) >= 11 is 0. The van der Waals surface area contributed by atoms with Gasteiger partial charge in [0.25, 0.3) is 0 Å². The van der Waals surface area contributed by atoms with Crippen LogP contribution in [0.3, 0.4) is 0 Å². The number of rotatable bonds is 3. The lowest BCUT2D eigenvalue weighted by Crippen LogP contribution is -2.08. The van der Waals surface area contributed by atoms with Crippen molar-refractivity contribution in [1.29, 1.82) is 0 Å². The second-order valence-corrected chi connectivity index (χ2v) is 4.50. The van der Waals surface area contributed by atoms with Crippen molar-refractivity contribution in [2.24, 2.45) is 11.7 Å². The van der Waals surface area contributed by atoms with Crippen LogP contribution in [0.2, 0.25) is 0 Å². The fraction of sp³-hybridized carbons (Fsp3) is 0.417. The van der Waals surface area contributed by atoms with Gasteiger partial charge in [-0.1, -0.05) is 19.9 Å². The van der Waals surface area contributed by atoms with Crippen molar-refractivity contribution in [3.8, 4) is 0 Å². The summed E-state index contributed by atoms with van der Waals surface area (Å²) in [6.45, 7) is 5.76. The van der Waals surface area contributed by atoms with Crippen LogP contribution in [0.25, 0.3) is 11.0 Å². The molecule has 4 nitrogen and oxygen atoms in total. The van der Waals surface area contributed by atoms with Gasteiger partial charge in [0, 0.05) is 13.1 Å². The third-order valence-electron chi connectivity index (χ3n) is 2.63. The zero-order valence-corrected chi connectivity index (χ0v) is 9.77. The minimum absolute atomic E-state index is 0.543. The van der Waals surface area contributed by atoms with Crippen LogP contribution in [0.1, 0.15) is 19.4 Å². The molecule has 0 aliphatic carbocycles. The molecule has 0 aliphatic heterocycles. The standard InChI is InChI=1S/C12H18N4/c1-8(2)7-16-11-5-9(6-13)3-4-10(11)15-12(16)14/h3-5,8H,6-7,13H2,1-2H3,(H2,14,15). The topological polar surface area (TPSA) is 69.9 Å². The maximum Gasteiger partial charge on any atom is 0.201 e. The first kappa shape index (κ1) is 11.0. The van der Waals surface area contributed by atoms with Gasteiger partial charge in [-0.05, 0) is 23.6 Å². The molecule has 86 valence electrons. The van der Waals surface area contributed by atoms with E-state index >= 15 is 0 Å². The molecule has 1 aromatic heterocycles. The molecule has 0 bridgehead atoms. The number of hydrogen-bond acceptors (Lipinski definition) is 3. The van der Waals surface area contributed by atoms with Gasteiger partial charge in [0.1, 0.15) is 0 Å². The summed E-state index contributed by atoms with van der Waals surface area (Å²) in [7, 11) is 0. The van der Waals surface area contributed by atoms with E-state index in [2.05, 4.69) is 29.5 Å². The van der Waals surface area contributed by atoms with Crippen LogP contribution < -0.4 is 11.5 Å². The van der Waals surface area contributed by atoms with Gasteiger partial charge in [-0.2, -0.15) is 0 Å². The average Bonchev–Trinajstić information content (AvgIpc) is 2.54. The van der Waals surface area contributed by atoms with E-state index in [-0.39, 0.29) is 0 Å². The van der Waals surface area contributed by atoms with Crippen molar-refractivity contribution < 1.29 is 0 Å². The summed E-state index contributed by atoms with van der Waals surface area (Å²) in [5.74, 6) is 1.12. The van der Waals surface area contributed by atoms with Crippen molar-refractivity contribution in [1.82, 2.24) is 9.55 Å². The third kappa shape index (κ3) is 1.88. The Morgan fingerprint density at radius 3 is 2.75 bits per heavy atom. The fourth-order valence-corrected chi connectivity index (χ4v) is 1.87. The quantitative estimate of drug-likeness (QED) is 0.824. The lowest BCUT2D eigenvalue weighted by atomic mass is 10.2. The van der Waals surface area contributed by atoms with Crippen molar-refractivity contribution in [2.45, 2.75) is 26.9 Å². The predicted molar refractivity (Wildman–Crippen MR) is 66.9 cm³/mol. The number of nitrogen functional groups attached to an aromatic ring is 1. The highest BCUT2D eigenvalue weighted by molar-refractivity contribution is 5.79. The maximum absolute atomic E-state index is 5.91. The summed E-state index contributed by atoms with van der Waals surface area (Å²) in [5.41, 5.74) is 14.7. The van der Waals surface area contributed by atoms with Crippen LogP contribution in [0, 0.1) is 5.92 Å². The lowest BCUT2D eigenvalue weighted by molar-refractivity contribution is 0.538. The van der Waals surface area contributed by atoms with Crippen LogP contribution in [0.4, 0.5) is 5.95 Å². The predicted octanol–water partition coefficient (Wildman–Crippen LogP) is 1.73. The maximum atomic E-state index is 5.91. The molecule has 0 saturated heterocycles. The van der Waals surface area contributed by atoms with Crippen LogP contribution in [0.5, 0.6) is 0 Å². The Morgan fingerprint density at radius 2 is 2.12 bits per heavy atom. The molecule has 0 fully saturated rings. The largest absolute Gasteiger partial charge is 0.369 e. The highest BCUT2D eigenvalue weighted by atomic mass is 15.1. The van der Waals surface area contributed by atoms with E-state index in [0.29, 0.717) is 18.4 Å². The second-order valence-electron chi connectivity index (χ2n) is 4.50. The zero-order valence-electron chi connectivity index (χ0n) is 9.77. The summed E-state index contributed by atoms with van der Waals surface area (Å²) in [6.07, 6.45) is 0. The molecule has 4 N–H and O–H groups in total. The number of imidazole rings is 1. The first-order valence-electron chi connectivity index (χ1n) is 5.56. The minimum atomic E-state index is 0.543. The van der Waals surface area contributed by atoms with Gasteiger partial charge in [-0.15, -0.1) is 0 Å². The highest BCUT2D eigenvalue weighted by Gasteiger charge is 2.09. The molecular formula is C12H18N4. The molecule has 2 aromatic rings. The zero-order chi connectivity index (χ0) is 11.7. The molecule has 1 heterocycles. The SMILES string of the molecule is CC(C)Cn1c(N)nc2ccc(CN)cc21. The van der Waals surface area contributed by atoms with E-state index in [9.17, 15) is 0 Å². The van der Waals surface area contributed by atoms with E-state index in [0.717, 1.165) is 23.1 Å². The van der Waals surface area contributed by atoms with Crippen molar-refractivity contribution >= 4 is 17.0 Å². The van der Waals surface area contributed by atoms with Gasteiger partial charge in [0.05, 0.1) is 11.0 Å². The van der Waals surface area contributed by atoms with Gasteiger partial charge >= 0.3 is 0 Å². The van der Waals surface area contributed by atoms with Crippen molar-refractivity contribution in [2.75, 3.05) is 5.73 Å². The van der Waals surface area contributed by atoms with Gasteiger partial charge in [0.15, 0.2) is 0 Å². The Kier molecular flexibility index (Phi) is 2.83. The monoisotopic (exact) mass is 218 g/mol. The number of fused-ring (bicyclic) bond motifs is 1. The molecule has 0 amide bonds. The molecule has 0 atom stereocenters. The van der Waals surface area contributed by atoms with Crippen molar-refractivity contribution in [3.05, 3.63) is 23.8 Å². The summed E-state index contributed by atoms with van der Waals surface area (Å²) < 4.78 is 2.05. The van der Waals surface area contributed by atoms with Gasteiger partial charge in [-0.25, -0.2) is 4.98 Å². The number of nitrogens with zero attached hydrogens (tertiary/aromatic N) is 2. The van der Waals surface area contributed by atoms with Crippen LogP contribution >= 0.6 is 0 Å². The molecule has 0 aliphatic rings. The smallest absolute Gasteiger partial charge is 0.201 e. The Bertz CT molecular complexity index is 499. The highest BCUT2D eigenvalue weighted by Crippen LogP contribution is 2.20. The van der Waals surface area contributed by atoms with Crippen LogP contribution in [-0.4, -0.2) is 9.55 Å². The number of anilines is 1. The lowest BCUT2D eigenvalue weighted by Gasteiger charge is -2.09. The fourth-order valence-electron chi connectivity index (χ4n) is 1.87. The number of hydrogen-bond donors (Lipinski definition) is 2. The molecule has 2 rings (SSSR count). The molecular weight excluding hydrogens is 200 g/mol. The van der Waals surface area contributed by atoms with E-state index in [1.54, 1.807) is 0 Å². The van der Waals surface area contributed by atoms with Crippen LogP contribution in [-0.2, 0) is 13.1 Å². The molecule has 4 heteroatoms. The number of aromatic nitrogens is 2. The Balaban J connectivity index is 2.56. The molecule has 0 spiro atoms. The van der Waals surface area contributed by atoms with E-state index < -0.39 is 0 Å². The van der Waals surface area contributed by atoms with Gasteiger partial charge in [0.2, 0.25) is 5.95 Å². The Morgan fingerprint density at radius 1 is 1.38 bits per heavy atom. The first-order valence-corrected chi connectivity index (χ1v) is 5.56. The van der Waals surface area contributed by atoms with Gasteiger partial charge < -0.3 is 16.0 Å². The summed E-state index contributed by atoms with van der Waals surface area (Å²) in [5, 5.41) is 0. The van der Waals surface area contributed by atoms with E-state index in [1.807, 2.05) is 12.1 Å². The molecule has 16 heavy (non-hydrogen) atoms. The minimum Gasteiger partial charge on any atom is -0.369 e. The van der Waals surface area contributed by atoms with Gasteiger partial charge in [-0.3, -0.25) is 0 Å². The third-order valence-corrected chi connectivity index (χ3v) is 2.63. The first-order chi connectivity index (χ1) is 7.61.